The van der Waals surface area contributed by atoms with E-state index < -0.39 is 19.8 Å². The van der Waals surface area contributed by atoms with Crippen molar-refractivity contribution in [2.45, 2.75) is 46.0 Å². The molecular weight excluding hydrogens is 248 g/mol. The third kappa shape index (κ3) is 5.35. The number of carbonyl (C=O) groups is 1. The molecule has 0 unspecified atom stereocenters. The predicted molar refractivity (Wildman–Crippen MR) is 72.7 cm³/mol. The second kappa shape index (κ2) is 5.13. The van der Waals surface area contributed by atoms with Crippen molar-refractivity contribution in [2.24, 2.45) is 0 Å². The van der Waals surface area contributed by atoms with Crippen LogP contribution in [0.25, 0.3) is 0 Å². The van der Waals surface area contributed by atoms with Crippen LogP contribution in [0, 0.1) is 0 Å². The van der Waals surface area contributed by atoms with Crippen LogP contribution in [0.2, 0.25) is 19.6 Å². The molecular formula is C12H22N2O3Si. The Kier molecular flexibility index (Phi) is 4.21. The minimum Gasteiger partial charge on any atom is -0.480 e. The first kappa shape index (κ1) is 14.8. The largest absolute Gasteiger partial charge is 0.480 e. The van der Waals surface area contributed by atoms with Gasteiger partial charge in [-0.25, -0.2) is 4.79 Å². The van der Waals surface area contributed by atoms with Crippen LogP contribution < -0.4 is 4.74 Å². The van der Waals surface area contributed by atoms with Crippen molar-refractivity contribution in [3.8, 4) is 5.88 Å². The van der Waals surface area contributed by atoms with Crippen molar-refractivity contribution in [3.63, 3.8) is 0 Å². The molecule has 0 bridgehead atoms. The number of ether oxygens (including phenoxy) is 2. The number of hydrogen-bond donors (Lipinski definition) is 0. The molecule has 0 aliphatic heterocycles. The Morgan fingerprint density at radius 2 is 2.00 bits per heavy atom. The summed E-state index contributed by atoms with van der Waals surface area (Å²) < 4.78 is 11.9. The molecule has 1 rings (SSSR count). The summed E-state index contributed by atoms with van der Waals surface area (Å²) in [5.74, 6) is 0.461. The van der Waals surface area contributed by atoms with E-state index in [9.17, 15) is 4.79 Å². The van der Waals surface area contributed by atoms with E-state index in [1.807, 2.05) is 20.8 Å². The van der Waals surface area contributed by atoms with Gasteiger partial charge in [-0.15, -0.1) is 5.10 Å². The monoisotopic (exact) mass is 270 g/mol. The van der Waals surface area contributed by atoms with Crippen molar-refractivity contribution in [3.05, 3.63) is 12.3 Å². The van der Waals surface area contributed by atoms with E-state index in [0.29, 0.717) is 12.1 Å². The smallest absolute Gasteiger partial charge is 0.435 e. The first-order valence-corrected chi connectivity index (χ1v) is 9.69. The van der Waals surface area contributed by atoms with E-state index >= 15 is 0 Å². The highest BCUT2D eigenvalue weighted by Crippen LogP contribution is 2.12. The molecule has 1 aromatic rings. The fourth-order valence-electron chi connectivity index (χ4n) is 1.09. The number of hydrogen-bond acceptors (Lipinski definition) is 4. The van der Waals surface area contributed by atoms with E-state index in [0.717, 1.165) is 4.68 Å². The van der Waals surface area contributed by atoms with Gasteiger partial charge in [-0.05, 0) is 20.8 Å². The van der Waals surface area contributed by atoms with Crippen LogP contribution in [-0.4, -0.2) is 35.8 Å². The Morgan fingerprint density at radius 3 is 2.50 bits per heavy atom. The molecule has 0 saturated carbocycles. The normalized spacial score (nSPS) is 12.3. The van der Waals surface area contributed by atoms with Gasteiger partial charge in [0.25, 0.3) is 0 Å². The summed E-state index contributed by atoms with van der Waals surface area (Å²) >= 11 is 0. The zero-order valence-corrected chi connectivity index (χ0v) is 13.0. The van der Waals surface area contributed by atoms with E-state index in [-0.39, 0.29) is 0 Å². The molecule has 102 valence electrons. The minimum absolute atomic E-state index is 0.461. The molecule has 0 amide bonds. The number of rotatable bonds is 3. The van der Waals surface area contributed by atoms with Gasteiger partial charge in [0, 0.05) is 12.3 Å². The van der Waals surface area contributed by atoms with Gasteiger partial charge in [0.1, 0.15) is 5.60 Å². The Labute approximate surface area is 109 Å². The van der Waals surface area contributed by atoms with Crippen LogP contribution in [0.1, 0.15) is 20.8 Å². The number of aromatic nitrogens is 2. The van der Waals surface area contributed by atoms with Gasteiger partial charge < -0.3 is 9.47 Å². The molecule has 0 aliphatic rings. The summed E-state index contributed by atoms with van der Waals surface area (Å²) in [5.41, 5.74) is -0.525. The zero-order chi connectivity index (χ0) is 14.0. The van der Waals surface area contributed by atoms with Gasteiger partial charge in [0.05, 0.1) is 14.3 Å². The molecule has 18 heavy (non-hydrogen) atoms. The summed E-state index contributed by atoms with van der Waals surface area (Å²) in [6.45, 7) is 12.1. The molecule has 1 aromatic heterocycles. The van der Waals surface area contributed by atoms with Gasteiger partial charge in [0.15, 0.2) is 0 Å². The third-order valence-electron chi connectivity index (χ3n) is 1.80. The van der Waals surface area contributed by atoms with Gasteiger partial charge in [-0.1, -0.05) is 19.6 Å². The quantitative estimate of drug-likeness (QED) is 0.792. The van der Waals surface area contributed by atoms with Gasteiger partial charge >= 0.3 is 6.09 Å². The molecule has 1 heterocycles. The van der Waals surface area contributed by atoms with Crippen molar-refractivity contribution >= 4 is 14.2 Å². The highest BCUT2D eigenvalue weighted by Gasteiger charge is 2.19. The Morgan fingerprint density at radius 1 is 1.39 bits per heavy atom. The number of nitrogens with zero attached hydrogens (tertiary/aromatic N) is 2. The van der Waals surface area contributed by atoms with E-state index in [1.165, 1.54) is 0 Å². The van der Waals surface area contributed by atoms with Gasteiger partial charge in [0.2, 0.25) is 5.88 Å². The molecule has 0 saturated heterocycles. The van der Waals surface area contributed by atoms with Gasteiger partial charge in [-0.2, -0.15) is 4.68 Å². The van der Waals surface area contributed by atoms with Crippen molar-refractivity contribution in [2.75, 3.05) is 6.23 Å². The molecule has 0 aliphatic carbocycles. The Hall–Kier alpha value is -1.30. The lowest BCUT2D eigenvalue weighted by Crippen LogP contribution is -2.30. The maximum atomic E-state index is 11.7. The molecule has 0 spiro atoms. The predicted octanol–water partition coefficient (Wildman–Crippen LogP) is 2.92. The lowest BCUT2D eigenvalue weighted by Gasteiger charge is -2.18. The Bertz CT molecular complexity index is 416. The summed E-state index contributed by atoms with van der Waals surface area (Å²) in [5, 5.41) is 4.04. The summed E-state index contributed by atoms with van der Waals surface area (Å²) in [6, 6.07) is 1.67. The van der Waals surface area contributed by atoms with Crippen LogP contribution in [0.4, 0.5) is 4.79 Å². The second-order valence-electron chi connectivity index (χ2n) is 6.43. The first-order valence-electron chi connectivity index (χ1n) is 5.99. The van der Waals surface area contributed by atoms with Crippen LogP contribution in [-0.2, 0) is 4.74 Å². The summed E-state index contributed by atoms with van der Waals surface area (Å²) in [6.07, 6.45) is 1.73. The summed E-state index contributed by atoms with van der Waals surface area (Å²) in [4.78, 5) is 11.7. The minimum atomic E-state index is -1.28. The zero-order valence-electron chi connectivity index (χ0n) is 12.0. The van der Waals surface area contributed by atoms with Crippen LogP contribution in [0.5, 0.6) is 5.88 Å². The maximum absolute atomic E-state index is 11.7. The highest BCUT2D eigenvalue weighted by molar-refractivity contribution is 6.76. The van der Waals surface area contributed by atoms with Crippen molar-refractivity contribution in [1.82, 2.24) is 9.78 Å². The highest BCUT2D eigenvalue weighted by atomic mass is 28.3. The first-order chi connectivity index (χ1) is 8.07. The second-order valence-corrected chi connectivity index (χ2v) is 11.8. The van der Waals surface area contributed by atoms with E-state index in [1.54, 1.807) is 12.3 Å². The van der Waals surface area contributed by atoms with Crippen molar-refractivity contribution < 1.29 is 14.3 Å². The maximum Gasteiger partial charge on any atom is 0.435 e. The van der Waals surface area contributed by atoms with Crippen LogP contribution >= 0.6 is 0 Å². The Balaban J connectivity index is 2.61. The van der Waals surface area contributed by atoms with E-state index in [4.69, 9.17) is 9.47 Å². The average Bonchev–Trinajstić information content (AvgIpc) is 2.58. The molecule has 0 radical (unpaired) electrons. The lowest BCUT2D eigenvalue weighted by atomic mass is 10.2. The molecule has 0 N–H and O–H groups in total. The molecule has 0 aromatic carbocycles. The fourth-order valence-corrected chi connectivity index (χ4v) is 1.67. The van der Waals surface area contributed by atoms with Crippen molar-refractivity contribution in [1.29, 1.82) is 0 Å². The van der Waals surface area contributed by atoms with Crippen LogP contribution in [0.3, 0.4) is 0 Å². The summed E-state index contributed by atoms with van der Waals surface area (Å²) in [7, 11) is -1.28. The fraction of sp³-hybridized carbons (Fsp3) is 0.667. The molecule has 6 heteroatoms. The third-order valence-corrected chi connectivity index (χ3v) is 2.81. The average molecular weight is 270 g/mol. The standard InChI is InChI=1S/C12H22N2O3Si/c1-12(2,3)17-11(15)14-8-7-10(13-14)16-9-18(4,5)6/h7-8H,9H2,1-6H3. The molecule has 0 fully saturated rings. The van der Waals surface area contributed by atoms with Gasteiger partial charge in [-0.3, -0.25) is 0 Å². The molecule has 5 nitrogen and oxygen atoms in total. The van der Waals surface area contributed by atoms with Crippen LogP contribution in [0.15, 0.2) is 12.3 Å². The SMILES string of the molecule is CC(C)(C)OC(=O)n1ccc(OC[Si](C)(C)C)n1. The van der Waals surface area contributed by atoms with E-state index in [2.05, 4.69) is 24.7 Å². The topological polar surface area (TPSA) is 53.4 Å². The number of carbonyl (C=O) groups excluding carboxylic acids is 1. The lowest BCUT2D eigenvalue weighted by molar-refractivity contribution is 0.0512. The molecule has 0 atom stereocenters.